The van der Waals surface area contributed by atoms with Crippen molar-refractivity contribution in [2.75, 3.05) is 6.54 Å². The summed E-state index contributed by atoms with van der Waals surface area (Å²) in [4.78, 5) is 0. The number of hydrogen-bond acceptors (Lipinski definition) is 2. The number of benzene rings is 1. The second-order valence-corrected chi connectivity index (χ2v) is 5.82. The summed E-state index contributed by atoms with van der Waals surface area (Å²) >= 11 is 3.42. The van der Waals surface area contributed by atoms with Crippen LogP contribution < -0.4 is 5.32 Å². The Bertz CT molecular complexity index is 376. The first-order valence-corrected chi connectivity index (χ1v) is 6.69. The zero-order valence-corrected chi connectivity index (χ0v) is 12.0. The van der Waals surface area contributed by atoms with E-state index >= 15 is 0 Å². The molecule has 0 radical (unpaired) electrons. The van der Waals surface area contributed by atoms with Gasteiger partial charge in [-0.1, -0.05) is 28.1 Å². The number of rotatable bonds is 6. The van der Waals surface area contributed by atoms with Crippen LogP contribution in [0.5, 0.6) is 0 Å². The fourth-order valence-electron chi connectivity index (χ4n) is 1.55. The first-order chi connectivity index (χ1) is 8.03. The normalized spacial score (nSPS) is 11.2. The van der Waals surface area contributed by atoms with Crippen LogP contribution in [0.4, 0.5) is 0 Å². The average Bonchev–Trinajstić information content (AvgIpc) is 2.31. The lowest BCUT2D eigenvalue weighted by Gasteiger charge is -2.14. The van der Waals surface area contributed by atoms with Crippen LogP contribution in [0, 0.1) is 16.7 Å². The van der Waals surface area contributed by atoms with E-state index in [2.05, 4.69) is 51.6 Å². The van der Waals surface area contributed by atoms with Gasteiger partial charge < -0.3 is 5.32 Å². The Morgan fingerprint density at radius 2 is 1.94 bits per heavy atom. The van der Waals surface area contributed by atoms with Crippen LogP contribution in [-0.4, -0.2) is 6.54 Å². The molecular weight excluding hydrogens is 276 g/mol. The van der Waals surface area contributed by atoms with E-state index < -0.39 is 0 Å². The third kappa shape index (κ3) is 5.86. The Labute approximate surface area is 112 Å². The standard InChI is InChI=1S/C14H19BrN2/c1-14(2,11-16)8-3-9-17-10-12-4-6-13(15)7-5-12/h4-7,17H,3,8-10H2,1-2H3. The summed E-state index contributed by atoms with van der Waals surface area (Å²) in [6, 6.07) is 10.6. The largest absolute Gasteiger partial charge is 0.313 e. The van der Waals surface area contributed by atoms with Crippen molar-refractivity contribution in [3.05, 3.63) is 34.3 Å². The molecule has 0 aliphatic rings. The summed E-state index contributed by atoms with van der Waals surface area (Å²) in [5.41, 5.74) is 1.09. The van der Waals surface area contributed by atoms with Gasteiger partial charge in [0.25, 0.3) is 0 Å². The van der Waals surface area contributed by atoms with Crippen molar-refractivity contribution in [2.24, 2.45) is 5.41 Å². The van der Waals surface area contributed by atoms with E-state index in [-0.39, 0.29) is 5.41 Å². The van der Waals surface area contributed by atoms with Gasteiger partial charge in [0.1, 0.15) is 0 Å². The second-order valence-electron chi connectivity index (χ2n) is 4.90. The fourth-order valence-corrected chi connectivity index (χ4v) is 1.81. The molecule has 0 fully saturated rings. The Kier molecular flexibility index (Phi) is 5.67. The van der Waals surface area contributed by atoms with Crippen molar-refractivity contribution >= 4 is 15.9 Å². The second kappa shape index (κ2) is 6.78. The molecule has 0 aromatic heterocycles. The lowest BCUT2D eigenvalue weighted by molar-refractivity contribution is 0.426. The van der Waals surface area contributed by atoms with E-state index in [1.165, 1.54) is 5.56 Å². The van der Waals surface area contributed by atoms with Gasteiger partial charge in [-0.2, -0.15) is 5.26 Å². The Balaban J connectivity index is 2.17. The molecule has 0 bridgehead atoms. The summed E-state index contributed by atoms with van der Waals surface area (Å²) in [6.07, 6.45) is 1.98. The van der Waals surface area contributed by atoms with Gasteiger partial charge >= 0.3 is 0 Å². The first-order valence-electron chi connectivity index (χ1n) is 5.90. The molecule has 3 heteroatoms. The lowest BCUT2D eigenvalue weighted by atomic mass is 9.90. The zero-order chi connectivity index (χ0) is 12.7. The minimum absolute atomic E-state index is 0.195. The van der Waals surface area contributed by atoms with Gasteiger partial charge in [0.15, 0.2) is 0 Å². The van der Waals surface area contributed by atoms with Gasteiger partial charge in [0.05, 0.1) is 11.5 Å². The minimum atomic E-state index is -0.195. The van der Waals surface area contributed by atoms with Crippen molar-refractivity contribution in [2.45, 2.75) is 33.2 Å². The van der Waals surface area contributed by atoms with Crippen molar-refractivity contribution in [1.29, 1.82) is 5.26 Å². The number of hydrogen-bond donors (Lipinski definition) is 1. The molecule has 0 spiro atoms. The van der Waals surface area contributed by atoms with Crippen molar-refractivity contribution in [1.82, 2.24) is 5.32 Å². The van der Waals surface area contributed by atoms with E-state index in [0.717, 1.165) is 30.4 Å². The maximum absolute atomic E-state index is 8.88. The SMILES string of the molecule is CC(C)(C#N)CCCNCc1ccc(Br)cc1. The summed E-state index contributed by atoms with van der Waals surface area (Å²) in [5, 5.41) is 12.3. The predicted octanol–water partition coefficient (Wildman–Crippen LogP) is 3.87. The van der Waals surface area contributed by atoms with Crippen LogP contribution in [0.1, 0.15) is 32.3 Å². The molecule has 0 heterocycles. The average molecular weight is 295 g/mol. The highest BCUT2D eigenvalue weighted by atomic mass is 79.9. The monoisotopic (exact) mass is 294 g/mol. The smallest absolute Gasteiger partial charge is 0.0683 e. The van der Waals surface area contributed by atoms with Gasteiger partial charge in [-0.15, -0.1) is 0 Å². The maximum atomic E-state index is 8.88. The summed E-state index contributed by atoms with van der Waals surface area (Å²) in [6.45, 7) is 5.82. The molecule has 17 heavy (non-hydrogen) atoms. The Morgan fingerprint density at radius 1 is 1.29 bits per heavy atom. The molecule has 1 rings (SSSR count). The molecule has 0 saturated carbocycles. The van der Waals surface area contributed by atoms with Gasteiger partial charge in [-0.3, -0.25) is 0 Å². The summed E-state index contributed by atoms with van der Waals surface area (Å²) in [5.74, 6) is 0. The Hall–Kier alpha value is -0.850. The van der Waals surface area contributed by atoms with E-state index in [0.29, 0.717) is 0 Å². The number of nitrogens with zero attached hydrogens (tertiary/aromatic N) is 1. The highest BCUT2D eigenvalue weighted by Crippen LogP contribution is 2.19. The summed E-state index contributed by atoms with van der Waals surface area (Å²) in [7, 11) is 0. The molecule has 0 amide bonds. The van der Waals surface area contributed by atoms with E-state index in [1.807, 2.05) is 13.8 Å². The van der Waals surface area contributed by atoms with Gasteiger partial charge in [-0.05, 0) is 50.9 Å². The molecular formula is C14H19BrN2. The van der Waals surface area contributed by atoms with Crippen LogP contribution in [0.25, 0.3) is 0 Å². The van der Waals surface area contributed by atoms with E-state index in [1.54, 1.807) is 0 Å². The van der Waals surface area contributed by atoms with Crippen LogP contribution >= 0.6 is 15.9 Å². The zero-order valence-electron chi connectivity index (χ0n) is 10.5. The molecule has 1 N–H and O–H groups in total. The fraction of sp³-hybridized carbons (Fsp3) is 0.500. The van der Waals surface area contributed by atoms with Gasteiger partial charge in [0, 0.05) is 11.0 Å². The number of nitrogens with one attached hydrogen (secondary N) is 1. The van der Waals surface area contributed by atoms with E-state index in [4.69, 9.17) is 5.26 Å². The molecule has 0 aliphatic carbocycles. The molecule has 0 unspecified atom stereocenters. The molecule has 92 valence electrons. The number of halogens is 1. The third-order valence-corrected chi connectivity index (χ3v) is 3.23. The molecule has 1 aromatic rings. The van der Waals surface area contributed by atoms with Crippen molar-refractivity contribution in [3.63, 3.8) is 0 Å². The van der Waals surface area contributed by atoms with E-state index in [9.17, 15) is 0 Å². The Morgan fingerprint density at radius 3 is 2.53 bits per heavy atom. The van der Waals surface area contributed by atoms with Crippen molar-refractivity contribution < 1.29 is 0 Å². The van der Waals surface area contributed by atoms with Gasteiger partial charge in [0.2, 0.25) is 0 Å². The van der Waals surface area contributed by atoms with Crippen LogP contribution in [0.2, 0.25) is 0 Å². The van der Waals surface area contributed by atoms with Crippen LogP contribution in [-0.2, 0) is 6.54 Å². The molecule has 0 aliphatic heterocycles. The van der Waals surface area contributed by atoms with Crippen LogP contribution in [0.15, 0.2) is 28.7 Å². The maximum Gasteiger partial charge on any atom is 0.0683 e. The lowest BCUT2D eigenvalue weighted by Crippen LogP contribution is -2.17. The highest BCUT2D eigenvalue weighted by molar-refractivity contribution is 9.10. The third-order valence-electron chi connectivity index (χ3n) is 2.70. The predicted molar refractivity (Wildman–Crippen MR) is 74.5 cm³/mol. The molecule has 0 atom stereocenters. The molecule has 2 nitrogen and oxygen atoms in total. The number of nitriles is 1. The quantitative estimate of drug-likeness (QED) is 0.809. The molecule has 1 aromatic carbocycles. The van der Waals surface area contributed by atoms with Crippen molar-refractivity contribution in [3.8, 4) is 6.07 Å². The van der Waals surface area contributed by atoms with Crippen LogP contribution in [0.3, 0.4) is 0 Å². The first kappa shape index (κ1) is 14.2. The highest BCUT2D eigenvalue weighted by Gasteiger charge is 2.15. The van der Waals surface area contributed by atoms with Gasteiger partial charge in [-0.25, -0.2) is 0 Å². The molecule has 0 saturated heterocycles. The summed E-state index contributed by atoms with van der Waals surface area (Å²) < 4.78 is 1.11. The minimum Gasteiger partial charge on any atom is -0.313 e. The topological polar surface area (TPSA) is 35.8 Å².